The van der Waals surface area contributed by atoms with E-state index in [4.69, 9.17) is 21.1 Å². The molecule has 3 aromatic carbocycles. The van der Waals surface area contributed by atoms with Gasteiger partial charge < -0.3 is 19.7 Å². The molecule has 1 aliphatic heterocycles. The summed E-state index contributed by atoms with van der Waals surface area (Å²) in [6, 6.07) is 20.9. The minimum absolute atomic E-state index is 0.0461. The third kappa shape index (κ3) is 6.83. The van der Waals surface area contributed by atoms with Crippen LogP contribution >= 0.6 is 11.6 Å². The molecule has 1 heterocycles. The number of nitrogens with zero attached hydrogens (tertiary/aromatic N) is 1. The van der Waals surface area contributed by atoms with E-state index in [2.05, 4.69) is 5.32 Å². The number of halogens is 2. The maximum Gasteiger partial charge on any atom is 0.261 e. The molecule has 0 spiro atoms. The van der Waals surface area contributed by atoms with E-state index < -0.39 is 11.9 Å². The van der Waals surface area contributed by atoms with Crippen molar-refractivity contribution in [3.05, 3.63) is 101 Å². The molecule has 0 aromatic heterocycles. The summed E-state index contributed by atoms with van der Waals surface area (Å²) in [5.41, 5.74) is 1.32. The van der Waals surface area contributed by atoms with Crippen molar-refractivity contribution in [2.45, 2.75) is 31.5 Å². The van der Waals surface area contributed by atoms with Gasteiger partial charge in [0.15, 0.2) is 6.61 Å². The lowest BCUT2D eigenvalue weighted by molar-refractivity contribution is -0.143. The Balaban J connectivity index is 1.61. The van der Waals surface area contributed by atoms with Gasteiger partial charge in [0.25, 0.3) is 5.91 Å². The Kier molecular flexibility index (Phi) is 8.92. The van der Waals surface area contributed by atoms with Gasteiger partial charge in [-0.05, 0) is 48.2 Å². The molecule has 0 radical (unpaired) electrons. The zero-order valence-electron chi connectivity index (χ0n) is 19.7. The van der Waals surface area contributed by atoms with Gasteiger partial charge in [0.05, 0.1) is 11.1 Å². The van der Waals surface area contributed by atoms with Crippen molar-refractivity contribution in [2.24, 2.45) is 0 Å². The van der Waals surface area contributed by atoms with Crippen LogP contribution in [-0.4, -0.2) is 42.6 Å². The second kappa shape index (κ2) is 12.5. The quantitative estimate of drug-likeness (QED) is 0.420. The summed E-state index contributed by atoms with van der Waals surface area (Å²) in [5, 5.41) is 3.34. The van der Waals surface area contributed by atoms with Crippen LogP contribution in [0.4, 0.5) is 4.39 Å². The Morgan fingerprint density at radius 2 is 1.78 bits per heavy atom. The summed E-state index contributed by atoms with van der Waals surface area (Å²) in [6.07, 6.45) is 1.78. The summed E-state index contributed by atoms with van der Waals surface area (Å²) in [4.78, 5) is 28.5. The van der Waals surface area contributed by atoms with Gasteiger partial charge in [0.1, 0.15) is 17.6 Å². The van der Waals surface area contributed by atoms with Crippen LogP contribution in [0.5, 0.6) is 5.75 Å². The van der Waals surface area contributed by atoms with Crippen molar-refractivity contribution in [2.75, 3.05) is 19.8 Å². The Morgan fingerprint density at radius 3 is 2.47 bits per heavy atom. The van der Waals surface area contributed by atoms with Crippen molar-refractivity contribution in [3.8, 4) is 5.75 Å². The third-order valence-corrected chi connectivity index (χ3v) is 6.29. The minimum atomic E-state index is -0.931. The molecule has 1 N–H and O–H groups in total. The summed E-state index contributed by atoms with van der Waals surface area (Å²) in [6.45, 7) is 0.791. The molecule has 0 unspecified atom stereocenters. The van der Waals surface area contributed by atoms with E-state index in [1.807, 2.05) is 18.2 Å². The summed E-state index contributed by atoms with van der Waals surface area (Å²) in [7, 11) is 0. The monoisotopic (exact) mass is 510 g/mol. The molecule has 188 valence electrons. The van der Waals surface area contributed by atoms with E-state index in [9.17, 15) is 14.0 Å². The van der Waals surface area contributed by atoms with Gasteiger partial charge in [-0.2, -0.15) is 0 Å². The van der Waals surface area contributed by atoms with Gasteiger partial charge >= 0.3 is 0 Å². The number of carbonyl (C=O) groups is 2. The predicted molar refractivity (Wildman–Crippen MR) is 135 cm³/mol. The van der Waals surface area contributed by atoms with Crippen LogP contribution in [0, 0.1) is 5.82 Å². The maximum atomic E-state index is 13.6. The number of ether oxygens (including phenoxy) is 2. The second-order valence-corrected chi connectivity index (χ2v) is 8.97. The normalized spacial score (nSPS) is 15.8. The van der Waals surface area contributed by atoms with Crippen LogP contribution in [0.2, 0.25) is 5.02 Å². The number of hydrogen-bond acceptors (Lipinski definition) is 4. The zero-order valence-corrected chi connectivity index (χ0v) is 20.5. The molecule has 1 aliphatic rings. The first-order valence-corrected chi connectivity index (χ1v) is 12.2. The SMILES string of the molecule is O=C(NC[C@@H]1CCCO1)[C@@H](c1ccccc1)N(Cc1ccc(F)cc1)C(=O)COc1ccccc1Cl. The standard InChI is InChI=1S/C28H28ClFN2O4/c29-24-10-4-5-11-25(24)36-19-26(33)32(18-20-12-14-22(30)15-13-20)27(21-7-2-1-3-8-21)28(34)31-17-23-9-6-16-35-23/h1-5,7-8,10-15,23,27H,6,9,16-19H2,(H,31,34)/t23-,27+/m0/s1. The molecular weight excluding hydrogens is 483 g/mol. The van der Waals surface area contributed by atoms with Crippen LogP contribution in [0.25, 0.3) is 0 Å². The molecule has 8 heteroatoms. The van der Waals surface area contributed by atoms with Gasteiger partial charge in [-0.15, -0.1) is 0 Å². The molecule has 6 nitrogen and oxygen atoms in total. The van der Waals surface area contributed by atoms with E-state index in [-0.39, 0.29) is 31.0 Å². The molecule has 2 atom stereocenters. The van der Waals surface area contributed by atoms with Gasteiger partial charge in [0, 0.05) is 19.7 Å². The first-order chi connectivity index (χ1) is 17.5. The number of benzene rings is 3. The van der Waals surface area contributed by atoms with Gasteiger partial charge in [-0.25, -0.2) is 4.39 Å². The fourth-order valence-electron chi connectivity index (χ4n) is 4.12. The van der Waals surface area contributed by atoms with Crippen LogP contribution in [0.3, 0.4) is 0 Å². The third-order valence-electron chi connectivity index (χ3n) is 5.98. The van der Waals surface area contributed by atoms with E-state index in [0.717, 1.165) is 12.8 Å². The first-order valence-electron chi connectivity index (χ1n) is 11.9. The van der Waals surface area contributed by atoms with E-state index in [1.165, 1.54) is 17.0 Å². The first kappa shape index (κ1) is 25.7. The van der Waals surface area contributed by atoms with E-state index in [1.54, 1.807) is 48.5 Å². The largest absolute Gasteiger partial charge is 0.482 e. The van der Waals surface area contributed by atoms with Crippen LogP contribution < -0.4 is 10.1 Å². The van der Waals surface area contributed by atoms with Gasteiger partial charge in [-0.3, -0.25) is 9.59 Å². The number of hydrogen-bond donors (Lipinski definition) is 1. The van der Waals surface area contributed by atoms with Crippen LogP contribution in [-0.2, 0) is 20.9 Å². The Morgan fingerprint density at radius 1 is 1.06 bits per heavy atom. The Bertz CT molecular complexity index is 1150. The molecule has 0 aliphatic carbocycles. The van der Waals surface area contributed by atoms with Crippen LogP contribution in [0.15, 0.2) is 78.9 Å². The molecule has 1 fully saturated rings. The number of rotatable bonds is 10. The van der Waals surface area contributed by atoms with E-state index in [0.29, 0.717) is 35.1 Å². The maximum absolute atomic E-state index is 13.6. The second-order valence-electron chi connectivity index (χ2n) is 8.56. The molecular formula is C28H28ClFN2O4. The molecule has 4 rings (SSSR count). The molecule has 1 saturated heterocycles. The smallest absolute Gasteiger partial charge is 0.261 e. The molecule has 36 heavy (non-hydrogen) atoms. The summed E-state index contributed by atoms with van der Waals surface area (Å²) in [5.74, 6) is -0.758. The number of amides is 2. The number of nitrogens with one attached hydrogen (secondary N) is 1. The van der Waals surface area contributed by atoms with Crippen molar-refractivity contribution >= 4 is 23.4 Å². The van der Waals surface area contributed by atoms with E-state index >= 15 is 0 Å². The molecule has 2 amide bonds. The lowest BCUT2D eigenvalue weighted by Crippen LogP contribution is -2.46. The number of para-hydroxylation sites is 1. The van der Waals surface area contributed by atoms with Crippen molar-refractivity contribution < 1.29 is 23.5 Å². The minimum Gasteiger partial charge on any atom is -0.482 e. The fourth-order valence-corrected chi connectivity index (χ4v) is 4.31. The van der Waals surface area contributed by atoms with Gasteiger partial charge in [0.2, 0.25) is 5.91 Å². The Labute approximate surface area is 215 Å². The highest BCUT2D eigenvalue weighted by Gasteiger charge is 2.32. The lowest BCUT2D eigenvalue weighted by Gasteiger charge is -2.32. The van der Waals surface area contributed by atoms with Crippen LogP contribution in [0.1, 0.15) is 30.0 Å². The summed E-state index contributed by atoms with van der Waals surface area (Å²) >= 11 is 6.18. The lowest BCUT2D eigenvalue weighted by atomic mass is 10.0. The van der Waals surface area contributed by atoms with Crippen molar-refractivity contribution in [1.82, 2.24) is 10.2 Å². The van der Waals surface area contributed by atoms with Crippen molar-refractivity contribution in [3.63, 3.8) is 0 Å². The zero-order chi connectivity index (χ0) is 25.3. The average Bonchev–Trinajstić information content (AvgIpc) is 3.42. The average molecular weight is 511 g/mol. The molecule has 3 aromatic rings. The molecule has 0 saturated carbocycles. The highest BCUT2D eigenvalue weighted by Crippen LogP contribution is 2.26. The highest BCUT2D eigenvalue weighted by atomic mass is 35.5. The Hall–Kier alpha value is -3.42. The predicted octanol–water partition coefficient (Wildman–Crippen LogP) is 4.92. The van der Waals surface area contributed by atoms with Crippen molar-refractivity contribution in [1.29, 1.82) is 0 Å². The topological polar surface area (TPSA) is 67.9 Å². The molecule has 0 bridgehead atoms. The summed E-state index contributed by atoms with van der Waals surface area (Å²) < 4.78 is 24.9. The number of carbonyl (C=O) groups excluding carboxylic acids is 2. The highest BCUT2D eigenvalue weighted by molar-refractivity contribution is 6.32. The fraction of sp³-hybridized carbons (Fsp3) is 0.286. The van der Waals surface area contributed by atoms with Gasteiger partial charge in [-0.1, -0.05) is 66.2 Å².